The van der Waals surface area contributed by atoms with Gasteiger partial charge < -0.3 is 0 Å². The van der Waals surface area contributed by atoms with Crippen LogP contribution in [0, 0.1) is 13.8 Å². The zero-order valence-corrected chi connectivity index (χ0v) is 11.1. The van der Waals surface area contributed by atoms with Crippen molar-refractivity contribution in [2.75, 3.05) is 0 Å². The van der Waals surface area contributed by atoms with Gasteiger partial charge in [-0.1, -0.05) is 83.3 Å². The van der Waals surface area contributed by atoms with Crippen LogP contribution in [-0.2, 0) is 0 Å². The minimum absolute atomic E-state index is 1.11. The van der Waals surface area contributed by atoms with Gasteiger partial charge in [0.2, 0.25) is 0 Å². The average Bonchev–Trinajstić information content (AvgIpc) is 2.31. The first-order chi connectivity index (χ1) is 7.91. The normalized spacial score (nSPS) is 11.4. The summed E-state index contributed by atoms with van der Waals surface area (Å²) in [5.74, 6) is 0. The van der Waals surface area contributed by atoms with E-state index in [0.29, 0.717) is 0 Å². The first kappa shape index (κ1) is 15.7. The highest BCUT2D eigenvalue weighted by molar-refractivity contribution is 4.83. The van der Waals surface area contributed by atoms with Gasteiger partial charge in [0, 0.05) is 0 Å². The van der Waals surface area contributed by atoms with Crippen LogP contribution in [0.4, 0.5) is 0 Å². The Bertz CT molecular complexity index is 135. The van der Waals surface area contributed by atoms with Crippen LogP contribution in [-0.4, -0.2) is 0 Å². The van der Waals surface area contributed by atoms with E-state index < -0.39 is 0 Å². The van der Waals surface area contributed by atoms with Gasteiger partial charge in [0.15, 0.2) is 0 Å². The molecule has 0 fully saturated rings. The third-order valence-corrected chi connectivity index (χ3v) is 3.04. The first-order valence-electron chi connectivity index (χ1n) is 7.15. The summed E-state index contributed by atoms with van der Waals surface area (Å²) in [6.45, 7) is 7.56. The molecule has 0 amide bonds. The lowest BCUT2D eigenvalue weighted by molar-refractivity contribution is 0.553. The van der Waals surface area contributed by atoms with Crippen molar-refractivity contribution < 1.29 is 0 Å². The van der Waals surface area contributed by atoms with Gasteiger partial charge in [-0.05, 0) is 19.8 Å². The van der Waals surface area contributed by atoms with Crippen molar-refractivity contribution in [3.63, 3.8) is 0 Å². The molecular weight excluding hydrogens is 192 g/mol. The fourth-order valence-electron chi connectivity index (χ4n) is 1.97. The van der Waals surface area contributed by atoms with Crippen molar-refractivity contribution in [1.29, 1.82) is 0 Å². The van der Waals surface area contributed by atoms with Crippen LogP contribution >= 0.6 is 0 Å². The van der Waals surface area contributed by atoms with E-state index in [0.717, 1.165) is 6.42 Å². The Morgan fingerprint density at radius 3 is 1.50 bits per heavy atom. The summed E-state index contributed by atoms with van der Waals surface area (Å²) in [5.41, 5.74) is 0. The third kappa shape index (κ3) is 13.7. The second kappa shape index (κ2) is 14.7. The van der Waals surface area contributed by atoms with Crippen molar-refractivity contribution in [3.8, 4) is 0 Å². The molecule has 0 aliphatic heterocycles. The molecule has 0 saturated heterocycles. The van der Waals surface area contributed by atoms with Gasteiger partial charge in [0.25, 0.3) is 0 Å². The van der Waals surface area contributed by atoms with Gasteiger partial charge in [-0.2, -0.15) is 0 Å². The Morgan fingerprint density at radius 2 is 1.06 bits per heavy atom. The standard InChI is InChI=1S/C16H30/c1-3-5-7-9-11-13-15-16-14-12-10-8-6-4-2/h3,5H,1-2,4,6-16H2. The molecule has 0 heterocycles. The van der Waals surface area contributed by atoms with Crippen LogP contribution in [0.3, 0.4) is 0 Å². The molecule has 16 heavy (non-hydrogen) atoms. The van der Waals surface area contributed by atoms with Crippen molar-refractivity contribution in [2.24, 2.45) is 0 Å². The summed E-state index contributed by atoms with van der Waals surface area (Å²) in [5, 5.41) is 0. The fourth-order valence-corrected chi connectivity index (χ4v) is 1.97. The van der Waals surface area contributed by atoms with Crippen LogP contribution < -0.4 is 0 Å². The van der Waals surface area contributed by atoms with Crippen LogP contribution in [0.15, 0.2) is 12.2 Å². The summed E-state index contributed by atoms with van der Waals surface area (Å²) in [7, 11) is 0. The summed E-state index contributed by atoms with van der Waals surface area (Å²) in [4.78, 5) is 0. The predicted octanol–water partition coefficient (Wildman–Crippen LogP) is 5.89. The number of hydrogen-bond acceptors (Lipinski definition) is 0. The summed E-state index contributed by atoms with van der Waals surface area (Å²) in [6.07, 6.45) is 20.4. The van der Waals surface area contributed by atoms with E-state index in [1.807, 2.05) is 6.08 Å². The highest BCUT2D eigenvalue weighted by Gasteiger charge is 1.92. The van der Waals surface area contributed by atoms with Crippen LogP contribution in [0.2, 0.25) is 0 Å². The van der Waals surface area contributed by atoms with E-state index >= 15 is 0 Å². The molecule has 0 aromatic heterocycles. The topological polar surface area (TPSA) is 0 Å². The largest absolute Gasteiger partial charge is 0.0885 e. The van der Waals surface area contributed by atoms with Gasteiger partial charge in [-0.3, -0.25) is 0 Å². The lowest BCUT2D eigenvalue weighted by Crippen LogP contribution is -1.81. The molecule has 0 saturated carbocycles. The fraction of sp³-hybridized carbons (Fsp3) is 0.750. The minimum Gasteiger partial charge on any atom is -0.0885 e. The van der Waals surface area contributed by atoms with E-state index in [1.54, 1.807) is 0 Å². The Balaban J connectivity index is 2.88. The summed E-state index contributed by atoms with van der Waals surface area (Å²) < 4.78 is 0. The molecule has 0 aromatic rings. The molecule has 0 bridgehead atoms. The maximum Gasteiger partial charge on any atom is -0.0316 e. The van der Waals surface area contributed by atoms with Crippen molar-refractivity contribution in [3.05, 3.63) is 26.0 Å². The lowest BCUT2D eigenvalue weighted by Gasteiger charge is -2.01. The number of allylic oxidation sites excluding steroid dienone is 2. The highest BCUT2D eigenvalue weighted by atomic mass is 14.0. The predicted molar refractivity (Wildman–Crippen MR) is 75.3 cm³/mol. The second-order valence-electron chi connectivity index (χ2n) is 4.65. The van der Waals surface area contributed by atoms with Crippen molar-refractivity contribution in [2.45, 2.75) is 77.0 Å². The zero-order chi connectivity index (χ0) is 11.9. The maximum atomic E-state index is 3.87. The van der Waals surface area contributed by atoms with E-state index in [4.69, 9.17) is 0 Å². The number of hydrogen-bond donors (Lipinski definition) is 0. The van der Waals surface area contributed by atoms with E-state index in [-0.39, 0.29) is 0 Å². The van der Waals surface area contributed by atoms with E-state index in [1.165, 1.54) is 70.6 Å². The Hall–Kier alpha value is -0.260. The Kier molecular flexibility index (Phi) is 14.5. The Morgan fingerprint density at radius 1 is 0.625 bits per heavy atom. The van der Waals surface area contributed by atoms with Gasteiger partial charge in [0.05, 0.1) is 0 Å². The molecule has 0 spiro atoms. The molecule has 2 radical (unpaired) electrons. The minimum atomic E-state index is 1.11. The third-order valence-electron chi connectivity index (χ3n) is 3.04. The molecule has 0 heteroatoms. The number of rotatable bonds is 12. The van der Waals surface area contributed by atoms with Crippen molar-refractivity contribution >= 4 is 0 Å². The first-order valence-corrected chi connectivity index (χ1v) is 7.15. The maximum absolute atomic E-state index is 3.87. The Labute approximate surface area is 104 Å². The molecule has 0 nitrogen and oxygen atoms in total. The number of unbranched alkanes of at least 4 members (excludes halogenated alkanes) is 11. The average molecular weight is 222 g/mol. The molecular formula is C16H30. The van der Waals surface area contributed by atoms with E-state index in [9.17, 15) is 0 Å². The second-order valence-corrected chi connectivity index (χ2v) is 4.65. The van der Waals surface area contributed by atoms with Gasteiger partial charge in [-0.15, -0.1) is 0 Å². The monoisotopic (exact) mass is 222 g/mol. The molecule has 0 unspecified atom stereocenters. The summed E-state index contributed by atoms with van der Waals surface area (Å²) in [6, 6.07) is 0. The molecule has 94 valence electrons. The zero-order valence-electron chi connectivity index (χ0n) is 11.1. The summed E-state index contributed by atoms with van der Waals surface area (Å²) >= 11 is 0. The highest BCUT2D eigenvalue weighted by Crippen LogP contribution is 2.11. The molecule has 0 N–H and O–H groups in total. The van der Waals surface area contributed by atoms with Gasteiger partial charge in [0.1, 0.15) is 0 Å². The van der Waals surface area contributed by atoms with Crippen LogP contribution in [0.5, 0.6) is 0 Å². The molecule has 0 rings (SSSR count). The smallest absolute Gasteiger partial charge is 0.0316 e. The molecule has 0 aromatic carbocycles. The van der Waals surface area contributed by atoms with Crippen LogP contribution in [0.25, 0.3) is 0 Å². The van der Waals surface area contributed by atoms with Gasteiger partial charge >= 0.3 is 0 Å². The van der Waals surface area contributed by atoms with Gasteiger partial charge in [-0.25, -0.2) is 0 Å². The molecule has 0 atom stereocenters. The SMILES string of the molecule is [CH2]C=CCCCCCCCCCCCC[CH2]. The lowest BCUT2D eigenvalue weighted by atomic mass is 10.1. The van der Waals surface area contributed by atoms with E-state index in [2.05, 4.69) is 19.9 Å². The van der Waals surface area contributed by atoms with Crippen LogP contribution in [0.1, 0.15) is 77.0 Å². The van der Waals surface area contributed by atoms with Crippen molar-refractivity contribution in [1.82, 2.24) is 0 Å². The quantitative estimate of drug-likeness (QED) is 0.361. The molecule has 0 aliphatic rings. The molecule has 0 aliphatic carbocycles.